The predicted octanol–water partition coefficient (Wildman–Crippen LogP) is 2.51. The molecule has 1 atom stereocenters. The van der Waals surface area contributed by atoms with Gasteiger partial charge in [-0.25, -0.2) is 0 Å². The van der Waals surface area contributed by atoms with E-state index < -0.39 is 0 Å². The third kappa shape index (κ3) is 2.15. The van der Waals surface area contributed by atoms with E-state index in [1.807, 2.05) is 24.3 Å². The lowest BCUT2D eigenvalue weighted by Gasteiger charge is -2.05. The minimum Gasteiger partial charge on any atom is -0.381 e. The monoisotopic (exact) mass is 302 g/mol. The van der Waals surface area contributed by atoms with E-state index >= 15 is 0 Å². The molecule has 0 aromatic heterocycles. The molecule has 2 rings (SSSR count). The summed E-state index contributed by atoms with van der Waals surface area (Å²) in [6.07, 6.45) is 0.866. The normalized spacial score (nSPS) is 21.1. The molecule has 74 valence electrons. The number of halogens is 1. The van der Waals surface area contributed by atoms with Crippen LogP contribution in [0.15, 0.2) is 24.3 Å². The van der Waals surface area contributed by atoms with Crippen LogP contribution >= 0.6 is 22.6 Å². The molecule has 2 nitrogen and oxygen atoms in total. The molecule has 1 fully saturated rings. The smallest absolute Gasteiger partial charge is 0.168 e. The molecule has 0 saturated carbocycles. The summed E-state index contributed by atoms with van der Waals surface area (Å²) in [4.78, 5) is 11.9. The van der Waals surface area contributed by atoms with Crippen molar-refractivity contribution in [2.24, 2.45) is 5.92 Å². The zero-order valence-electron chi connectivity index (χ0n) is 7.70. The molecule has 0 amide bonds. The molecule has 0 radical (unpaired) electrons. The Morgan fingerprint density at radius 2 is 2.07 bits per heavy atom. The highest BCUT2D eigenvalue weighted by molar-refractivity contribution is 14.1. The number of Topliss-reactive ketones (excluding diaryl/α,β-unsaturated/α-hetero) is 1. The fourth-order valence-electron chi connectivity index (χ4n) is 1.59. The third-order valence-corrected chi connectivity index (χ3v) is 3.15. The van der Waals surface area contributed by atoms with Crippen molar-refractivity contribution < 1.29 is 9.53 Å². The molecule has 0 N–H and O–H groups in total. The Morgan fingerprint density at radius 1 is 1.36 bits per heavy atom. The summed E-state index contributed by atoms with van der Waals surface area (Å²) in [7, 11) is 0. The standard InChI is InChI=1S/C11H11IO2/c12-10-3-1-8(2-4-10)11(13)9-5-6-14-7-9/h1-4,9H,5-7H2. The van der Waals surface area contributed by atoms with Gasteiger partial charge < -0.3 is 4.74 Å². The Bertz CT molecular complexity index is 326. The summed E-state index contributed by atoms with van der Waals surface area (Å²) >= 11 is 2.23. The molecule has 14 heavy (non-hydrogen) atoms. The van der Waals surface area contributed by atoms with E-state index in [1.165, 1.54) is 0 Å². The van der Waals surface area contributed by atoms with Gasteiger partial charge in [0.2, 0.25) is 0 Å². The number of carbonyl (C=O) groups excluding carboxylic acids is 1. The summed E-state index contributed by atoms with van der Waals surface area (Å²) in [6.45, 7) is 1.31. The second-order valence-corrected chi connectivity index (χ2v) is 4.68. The molecule has 1 aromatic rings. The van der Waals surface area contributed by atoms with Gasteiger partial charge in [-0.05, 0) is 41.1 Å². The van der Waals surface area contributed by atoms with E-state index in [9.17, 15) is 4.79 Å². The molecule has 1 saturated heterocycles. The van der Waals surface area contributed by atoms with Crippen LogP contribution in [-0.4, -0.2) is 19.0 Å². The quantitative estimate of drug-likeness (QED) is 0.620. The molecule has 3 heteroatoms. The van der Waals surface area contributed by atoms with Crippen molar-refractivity contribution in [3.8, 4) is 0 Å². The third-order valence-electron chi connectivity index (χ3n) is 2.43. The first-order valence-electron chi connectivity index (χ1n) is 4.65. The van der Waals surface area contributed by atoms with Gasteiger partial charge in [0.15, 0.2) is 5.78 Å². The first-order valence-corrected chi connectivity index (χ1v) is 5.73. The summed E-state index contributed by atoms with van der Waals surface area (Å²) in [5.74, 6) is 0.300. The molecule has 1 aromatic carbocycles. The van der Waals surface area contributed by atoms with Gasteiger partial charge in [-0.3, -0.25) is 4.79 Å². The molecule has 1 heterocycles. The predicted molar refractivity (Wildman–Crippen MR) is 62.4 cm³/mol. The molecule has 0 bridgehead atoms. The van der Waals surface area contributed by atoms with Crippen molar-refractivity contribution in [2.75, 3.05) is 13.2 Å². The SMILES string of the molecule is O=C(c1ccc(I)cc1)C1CCOC1. The van der Waals surface area contributed by atoms with E-state index in [2.05, 4.69) is 22.6 Å². The molecular formula is C11H11IO2. The van der Waals surface area contributed by atoms with Crippen LogP contribution < -0.4 is 0 Å². The van der Waals surface area contributed by atoms with Gasteiger partial charge >= 0.3 is 0 Å². The van der Waals surface area contributed by atoms with Crippen LogP contribution in [0.5, 0.6) is 0 Å². The van der Waals surface area contributed by atoms with Gasteiger partial charge in [-0.1, -0.05) is 12.1 Å². The van der Waals surface area contributed by atoms with Gasteiger partial charge in [0.25, 0.3) is 0 Å². The molecule has 0 spiro atoms. The summed E-state index contributed by atoms with van der Waals surface area (Å²) in [5.41, 5.74) is 0.806. The number of rotatable bonds is 2. The fraction of sp³-hybridized carbons (Fsp3) is 0.364. The van der Waals surface area contributed by atoms with Crippen LogP contribution in [-0.2, 0) is 4.74 Å². The van der Waals surface area contributed by atoms with Gasteiger partial charge in [-0.2, -0.15) is 0 Å². The van der Waals surface area contributed by atoms with Crippen molar-refractivity contribution in [3.63, 3.8) is 0 Å². The largest absolute Gasteiger partial charge is 0.381 e. The minimum atomic E-state index is 0.0788. The number of ether oxygens (including phenoxy) is 1. The van der Waals surface area contributed by atoms with Crippen molar-refractivity contribution in [2.45, 2.75) is 6.42 Å². The van der Waals surface area contributed by atoms with Gasteiger partial charge in [0.05, 0.1) is 6.61 Å². The highest BCUT2D eigenvalue weighted by atomic mass is 127. The number of hydrogen-bond donors (Lipinski definition) is 0. The highest BCUT2D eigenvalue weighted by Crippen LogP contribution is 2.18. The first-order chi connectivity index (χ1) is 6.77. The van der Waals surface area contributed by atoms with Crippen molar-refractivity contribution in [3.05, 3.63) is 33.4 Å². The summed E-state index contributed by atoms with van der Waals surface area (Å²) in [5, 5.41) is 0. The van der Waals surface area contributed by atoms with E-state index in [4.69, 9.17) is 4.74 Å². The van der Waals surface area contributed by atoms with Crippen molar-refractivity contribution in [1.29, 1.82) is 0 Å². The van der Waals surface area contributed by atoms with Crippen molar-refractivity contribution >= 4 is 28.4 Å². The average Bonchev–Trinajstić information content (AvgIpc) is 2.71. The maximum absolute atomic E-state index is 11.9. The minimum absolute atomic E-state index is 0.0788. The Balaban J connectivity index is 2.14. The maximum Gasteiger partial charge on any atom is 0.168 e. The Morgan fingerprint density at radius 3 is 2.64 bits per heavy atom. The highest BCUT2D eigenvalue weighted by Gasteiger charge is 2.24. The van der Waals surface area contributed by atoms with Crippen LogP contribution in [0.25, 0.3) is 0 Å². The van der Waals surface area contributed by atoms with Gasteiger partial charge in [-0.15, -0.1) is 0 Å². The van der Waals surface area contributed by atoms with E-state index in [0.717, 1.165) is 22.2 Å². The summed E-state index contributed by atoms with van der Waals surface area (Å²) in [6, 6.07) is 7.71. The van der Waals surface area contributed by atoms with Crippen molar-refractivity contribution in [1.82, 2.24) is 0 Å². The summed E-state index contributed by atoms with van der Waals surface area (Å²) < 4.78 is 6.36. The number of benzene rings is 1. The lowest BCUT2D eigenvalue weighted by molar-refractivity contribution is 0.0900. The topological polar surface area (TPSA) is 26.3 Å². The van der Waals surface area contributed by atoms with E-state index in [-0.39, 0.29) is 11.7 Å². The van der Waals surface area contributed by atoms with Crippen LogP contribution in [0.2, 0.25) is 0 Å². The number of carbonyl (C=O) groups is 1. The van der Waals surface area contributed by atoms with Gasteiger partial charge in [0.1, 0.15) is 0 Å². The zero-order chi connectivity index (χ0) is 9.97. The van der Waals surface area contributed by atoms with Crippen LogP contribution in [0.4, 0.5) is 0 Å². The average molecular weight is 302 g/mol. The molecule has 1 aliphatic heterocycles. The second-order valence-electron chi connectivity index (χ2n) is 3.43. The second kappa shape index (κ2) is 4.40. The fourth-order valence-corrected chi connectivity index (χ4v) is 1.95. The maximum atomic E-state index is 11.9. The lowest BCUT2D eigenvalue weighted by atomic mass is 9.97. The van der Waals surface area contributed by atoms with E-state index in [1.54, 1.807) is 0 Å². The van der Waals surface area contributed by atoms with Gasteiger partial charge in [0, 0.05) is 21.7 Å². The molecular weight excluding hydrogens is 291 g/mol. The van der Waals surface area contributed by atoms with Crippen LogP contribution in [0.1, 0.15) is 16.8 Å². The number of ketones is 1. The van der Waals surface area contributed by atoms with E-state index in [0.29, 0.717) is 6.61 Å². The zero-order valence-corrected chi connectivity index (χ0v) is 9.86. The van der Waals surface area contributed by atoms with Crippen LogP contribution in [0, 0.1) is 9.49 Å². The molecule has 1 unspecified atom stereocenters. The Hall–Kier alpha value is -0.420. The molecule has 0 aliphatic carbocycles. The lowest BCUT2D eigenvalue weighted by Crippen LogP contribution is -2.14. The Labute approximate surface area is 96.8 Å². The molecule has 1 aliphatic rings. The van der Waals surface area contributed by atoms with Crippen LogP contribution in [0.3, 0.4) is 0 Å². The first kappa shape index (κ1) is 10.1. The number of hydrogen-bond acceptors (Lipinski definition) is 2. The Kier molecular flexibility index (Phi) is 3.18.